The van der Waals surface area contributed by atoms with E-state index in [1.807, 2.05) is 0 Å². The number of benzene rings is 4. The van der Waals surface area contributed by atoms with Gasteiger partial charge in [-0.05, 0) is 0 Å². The summed E-state index contributed by atoms with van der Waals surface area (Å²) in [6.07, 6.45) is 0. The van der Waals surface area contributed by atoms with Crippen LogP contribution in [0.15, 0.2) is 121 Å². The number of hydrogen-bond donors (Lipinski definition) is 0. The Morgan fingerprint density at radius 2 is 0.500 bits per heavy atom. The van der Waals surface area contributed by atoms with E-state index in [0.29, 0.717) is 0 Å². The third kappa shape index (κ3) is 3.23. The topological polar surface area (TPSA) is 0 Å². The Hall–Kier alpha value is -2.27. The second kappa shape index (κ2) is 8.41. The zero-order chi connectivity index (χ0) is 17.0. The maximum absolute atomic E-state index is 2.99. The van der Waals surface area contributed by atoms with Gasteiger partial charge in [-0.25, -0.2) is 0 Å². The van der Waals surface area contributed by atoms with Crippen molar-refractivity contribution in [3.05, 3.63) is 121 Å². The quantitative estimate of drug-likeness (QED) is 0.445. The SMILES string of the molecule is Cl.c1ccc([AsH](c2ccccc2)(c2ccccc2)c2ccccc2)cc1. The predicted octanol–water partition coefficient (Wildman–Crippen LogP) is 3.22. The van der Waals surface area contributed by atoms with Gasteiger partial charge in [-0.2, -0.15) is 0 Å². The fourth-order valence-corrected chi connectivity index (χ4v) is 13.8. The van der Waals surface area contributed by atoms with Crippen LogP contribution in [-0.2, 0) is 0 Å². The molecule has 4 aromatic carbocycles. The molecule has 0 saturated carbocycles. The minimum absolute atomic E-state index is 0. The molecular weight excluding hydrogens is 399 g/mol. The van der Waals surface area contributed by atoms with Crippen molar-refractivity contribution in [3.8, 4) is 0 Å². The molecule has 0 N–H and O–H groups in total. The standard InChI is InChI=1S/C24H21As.ClH/c1-5-13-21(14-6-1)25(22-15-7-2-8-16-22,23-17-9-3-10-18-23)24-19-11-4-12-20-24;/h1-20,25H;1H. The van der Waals surface area contributed by atoms with Gasteiger partial charge in [-0.3, -0.25) is 0 Å². The summed E-state index contributed by atoms with van der Waals surface area (Å²) in [6.45, 7) is 0. The summed E-state index contributed by atoms with van der Waals surface area (Å²) in [4.78, 5) is 0. The van der Waals surface area contributed by atoms with E-state index in [4.69, 9.17) is 0 Å². The molecule has 0 aliphatic heterocycles. The van der Waals surface area contributed by atoms with Crippen molar-refractivity contribution < 1.29 is 0 Å². The first-order valence-electron chi connectivity index (χ1n) is 8.64. The molecule has 0 aliphatic rings. The van der Waals surface area contributed by atoms with Crippen LogP contribution in [0.25, 0.3) is 0 Å². The summed E-state index contributed by atoms with van der Waals surface area (Å²) < 4.78 is 5.86. The van der Waals surface area contributed by atoms with Gasteiger partial charge in [0.05, 0.1) is 0 Å². The van der Waals surface area contributed by atoms with Crippen LogP contribution in [0.4, 0.5) is 0 Å². The van der Waals surface area contributed by atoms with Gasteiger partial charge in [0.1, 0.15) is 0 Å². The van der Waals surface area contributed by atoms with E-state index < -0.39 is 13.6 Å². The molecule has 130 valence electrons. The first kappa shape index (κ1) is 18.5. The molecule has 2 heteroatoms. The summed E-state index contributed by atoms with van der Waals surface area (Å²) in [5.41, 5.74) is 0. The fourth-order valence-electron chi connectivity index (χ4n) is 3.75. The normalized spacial score (nSPS) is 11.4. The van der Waals surface area contributed by atoms with Gasteiger partial charge < -0.3 is 0 Å². The van der Waals surface area contributed by atoms with Gasteiger partial charge in [0, 0.05) is 0 Å². The molecule has 0 atom stereocenters. The molecule has 0 unspecified atom stereocenters. The van der Waals surface area contributed by atoms with Gasteiger partial charge in [0.2, 0.25) is 0 Å². The Morgan fingerprint density at radius 1 is 0.308 bits per heavy atom. The Bertz CT molecular complexity index is 759. The first-order valence-corrected chi connectivity index (χ1v) is 12.8. The minimum atomic E-state index is -2.99. The van der Waals surface area contributed by atoms with E-state index >= 15 is 0 Å². The molecule has 4 aromatic rings. The molecule has 0 aliphatic carbocycles. The van der Waals surface area contributed by atoms with Crippen molar-refractivity contribution in [2.75, 3.05) is 0 Å². The molecule has 0 saturated heterocycles. The molecule has 0 aromatic heterocycles. The molecule has 26 heavy (non-hydrogen) atoms. The van der Waals surface area contributed by atoms with Crippen molar-refractivity contribution in [3.63, 3.8) is 0 Å². The number of rotatable bonds is 4. The summed E-state index contributed by atoms with van der Waals surface area (Å²) in [6, 6.07) is 44.3. The van der Waals surface area contributed by atoms with Crippen LogP contribution in [0.3, 0.4) is 0 Å². The fraction of sp³-hybridized carbons (Fsp3) is 0. The zero-order valence-electron chi connectivity index (χ0n) is 14.5. The van der Waals surface area contributed by atoms with Gasteiger partial charge >= 0.3 is 152 Å². The predicted molar refractivity (Wildman–Crippen MR) is 119 cm³/mol. The van der Waals surface area contributed by atoms with Crippen LogP contribution in [0.5, 0.6) is 0 Å². The van der Waals surface area contributed by atoms with Crippen LogP contribution < -0.4 is 17.4 Å². The van der Waals surface area contributed by atoms with Gasteiger partial charge in [0.15, 0.2) is 0 Å². The Labute approximate surface area is 164 Å². The molecular formula is C24H22AsCl. The van der Waals surface area contributed by atoms with E-state index in [-0.39, 0.29) is 12.4 Å². The van der Waals surface area contributed by atoms with E-state index in [1.165, 1.54) is 17.4 Å². The van der Waals surface area contributed by atoms with E-state index in [9.17, 15) is 0 Å². The third-order valence-electron chi connectivity index (χ3n) is 4.83. The van der Waals surface area contributed by atoms with Gasteiger partial charge in [-0.1, -0.05) is 0 Å². The van der Waals surface area contributed by atoms with Crippen LogP contribution in [0.1, 0.15) is 0 Å². The van der Waals surface area contributed by atoms with Crippen molar-refractivity contribution in [2.45, 2.75) is 0 Å². The Kier molecular flexibility index (Phi) is 5.99. The second-order valence-electron chi connectivity index (χ2n) is 6.21. The van der Waals surface area contributed by atoms with Gasteiger partial charge in [0.25, 0.3) is 0 Å². The molecule has 0 radical (unpaired) electrons. The van der Waals surface area contributed by atoms with Crippen molar-refractivity contribution in [1.29, 1.82) is 0 Å². The number of hydrogen-bond acceptors (Lipinski definition) is 0. The monoisotopic (exact) mass is 420 g/mol. The molecule has 0 fully saturated rings. The average Bonchev–Trinajstić information content (AvgIpc) is 2.72. The van der Waals surface area contributed by atoms with Crippen molar-refractivity contribution >= 4 is 43.4 Å². The van der Waals surface area contributed by atoms with E-state index in [2.05, 4.69) is 121 Å². The van der Waals surface area contributed by atoms with Gasteiger partial charge in [-0.15, -0.1) is 12.4 Å². The zero-order valence-corrected chi connectivity index (χ0v) is 17.4. The molecule has 0 heterocycles. The van der Waals surface area contributed by atoms with Crippen LogP contribution in [0.2, 0.25) is 0 Å². The maximum atomic E-state index is 2.31. The summed E-state index contributed by atoms with van der Waals surface area (Å²) >= 11 is -2.99. The summed E-state index contributed by atoms with van der Waals surface area (Å²) in [5, 5.41) is 0. The molecule has 0 nitrogen and oxygen atoms in total. The second-order valence-corrected chi connectivity index (χ2v) is 14.2. The molecule has 0 spiro atoms. The Balaban J connectivity index is 0.00000196. The van der Waals surface area contributed by atoms with Crippen LogP contribution in [-0.4, -0.2) is 13.6 Å². The molecule has 4 rings (SSSR count). The molecule has 0 bridgehead atoms. The van der Waals surface area contributed by atoms with Crippen LogP contribution in [0, 0.1) is 0 Å². The average molecular weight is 421 g/mol. The van der Waals surface area contributed by atoms with E-state index in [0.717, 1.165) is 0 Å². The summed E-state index contributed by atoms with van der Waals surface area (Å²) in [7, 11) is 0. The van der Waals surface area contributed by atoms with E-state index in [1.54, 1.807) is 0 Å². The van der Waals surface area contributed by atoms with Crippen molar-refractivity contribution in [2.24, 2.45) is 0 Å². The van der Waals surface area contributed by atoms with Crippen LogP contribution >= 0.6 is 12.4 Å². The Morgan fingerprint density at radius 3 is 0.692 bits per heavy atom. The van der Waals surface area contributed by atoms with Crippen molar-refractivity contribution in [1.82, 2.24) is 0 Å². The third-order valence-corrected chi connectivity index (χ3v) is 14.9. The summed E-state index contributed by atoms with van der Waals surface area (Å²) in [5.74, 6) is 0. The number of halogens is 1. The first-order chi connectivity index (χ1) is 12.4. The molecule has 0 amide bonds.